The Labute approximate surface area is 291 Å². The summed E-state index contributed by atoms with van der Waals surface area (Å²) < 4.78 is 52.8. The second-order valence-electron chi connectivity index (χ2n) is 13.5. The van der Waals surface area contributed by atoms with E-state index in [2.05, 4.69) is 87.3 Å². The molecule has 5 aromatic heterocycles. The van der Waals surface area contributed by atoms with Gasteiger partial charge in [-0.1, -0.05) is 0 Å². The van der Waals surface area contributed by atoms with Crippen molar-refractivity contribution in [2.45, 2.75) is 73.2 Å². The van der Waals surface area contributed by atoms with E-state index in [9.17, 15) is 13.2 Å². The van der Waals surface area contributed by atoms with Crippen molar-refractivity contribution in [3.8, 4) is 22.6 Å². The SMILES string of the molecule is CCCc1ccc2c3cc4c(cc3n(CC)c2c1)-c1ccc2nccnc2[n+]1[I-]41C2(CC)n3nc(C(F)(F)F)cc3-c3cccc[n+]3C21CC. The van der Waals surface area contributed by atoms with Crippen molar-refractivity contribution in [3.63, 3.8) is 0 Å². The van der Waals surface area contributed by atoms with Gasteiger partial charge in [-0.15, -0.1) is 0 Å². The first-order chi connectivity index (χ1) is 24.2. The predicted octanol–water partition coefficient (Wildman–Crippen LogP) is 4.79. The standard InChI is InChI=1S/C39H36F3IN7/c1-5-11-24-13-14-25-26-21-28-27(22-33(26)47(8-4)32(25)20-24)30-16-15-29-36(45-18-17-44-29)49(30)43(28)37(6-2)38(43,7-3)50-34(23-35(46-50)39(40,41)42)31-12-9-10-19-48(31)37/h9-10,12-23H,5-8,11H2,1-4H3/q+1. The van der Waals surface area contributed by atoms with Crippen molar-refractivity contribution in [1.29, 1.82) is 0 Å². The molecule has 0 radical (unpaired) electrons. The van der Waals surface area contributed by atoms with Crippen LogP contribution in [0.4, 0.5) is 13.2 Å². The van der Waals surface area contributed by atoms with E-state index in [0.29, 0.717) is 12.1 Å². The molecule has 3 atom stereocenters. The van der Waals surface area contributed by atoms with Crippen LogP contribution >= 0.6 is 0 Å². The first-order valence-corrected chi connectivity index (χ1v) is 21.6. The second kappa shape index (κ2) is 9.89. The molecule has 1 saturated heterocycles. The Morgan fingerprint density at radius 1 is 0.840 bits per heavy atom. The Balaban J connectivity index is 1.41. The summed E-state index contributed by atoms with van der Waals surface area (Å²) in [7, 11) is 0. The molecule has 8 heterocycles. The third kappa shape index (κ3) is 3.19. The van der Waals surface area contributed by atoms with Gasteiger partial charge >= 0.3 is 292 Å². The normalized spacial score (nSPS) is 24.2. The van der Waals surface area contributed by atoms with Gasteiger partial charge < -0.3 is 0 Å². The number of fused-ring (bicyclic) bond motifs is 18. The monoisotopic (exact) mass is 786 g/mol. The van der Waals surface area contributed by atoms with Crippen LogP contribution in [0.2, 0.25) is 0 Å². The van der Waals surface area contributed by atoms with E-state index >= 15 is 0 Å². The Bertz CT molecular complexity index is 2610. The van der Waals surface area contributed by atoms with Crippen LogP contribution < -0.4 is 26.1 Å². The van der Waals surface area contributed by atoms with Crippen LogP contribution in [0.3, 0.4) is 0 Å². The molecule has 0 aliphatic carbocycles. The zero-order valence-corrected chi connectivity index (χ0v) is 30.4. The number of benzene rings is 2. The number of nitrogens with zero attached hydrogens (tertiary/aromatic N) is 7. The van der Waals surface area contributed by atoms with Crippen LogP contribution in [0.15, 0.2) is 85.3 Å². The summed E-state index contributed by atoms with van der Waals surface area (Å²) in [6.07, 6.45) is 4.40. The number of hydrogen-bond donors (Lipinski definition) is 0. The molecule has 0 N–H and O–H groups in total. The van der Waals surface area contributed by atoms with Gasteiger partial charge in [-0.3, -0.25) is 0 Å². The number of halogens is 4. The van der Waals surface area contributed by atoms with Crippen molar-refractivity contribution in [1.82, 2.24) is 24.3 Å². The molecule has 7 aromatic rings. The fourth-order valence-corrected chi connectivity index (χ4v) is 27.7. The first-order valence-electron chi connectivity index (χ1n) is 17.4. The van der Waals surface area contributed by atoms with Crippen LogP contribution in [-0.2, 0) is 26.2 Å². The van der Waals surface area contributed by atoms with Gasteiger partial charge in [-0.25, -0.2) is 0 Å². The summed E-state index contributed by atoms with van der Waals surface area (Å²) in [5, 5.41) is 6.94. The van der Waals surface area contributed by atoms with Crippen LogP contribution in [0, 0.1) is 3.57 Å². The number of aryl methyl sites for hydroxylation is 2. The maximum atomic E-state index is 14.6. The number of alkyl halides is 5. The van der Waals surface area contributed by atoms with E-state index in [0.717, 1.165) is 53.9 Å². The van der Waals surface area contributed by atoms with Crippen LogP contribution in [-0.4, -0.2) is 24.3 Å². The summed E-state index contributed by atoms with van der Waals surface area (Å²) in [5.74, 6) is 0. The molecule has 3 aliphatic heterocycles. The molecular formula is C39H36F3IN7+. The van der Waals surface area contributed by atoms with Crippen molar-refractivity contribution >= 4 is 33.0 Å². The Hall–Kier alpha value is -4.39. The van der Waals surface area contributed by atoms with E-state index < -0.39 is 37.7 Å². The number of rotatable bonds is 5. The molecule has 0 bridgehead atoms. The van der Waals surface area contributed by atoms with Gasteiger partial charge in [0.15, 0.2) is 0 Å². The van der Waals surface area contributed by atoms with Gasteiger partial charge in [0.2, 0.25) is 0 Å². The molecule has 1 spiro atoms. The van der Waals surface area contributed by atoms with Crippen molar-refractivity contribution in [2.75, 3.05) is 0 Å². The molecule has 0 saturated carbocycles. The second-order valence-corrected chi connectivity index (χ2v) is 22.3. The summed E-state index contributed by atoms with van der Waals surface area (Å²) >= 11 is -3.97. The number of hydrogen-bond acceptors (Lipinski definition) is 3. The molecule has 254 valence electrons. The molecule has 7 nitrogen and oxygen atoms in total. The Morgan fingerprint density at radius 3 is 2.42 bits per heavy atom. The van der Waals surface area contributed by atoms with Gasteiger partial charge in [-0.2, -0.15) is 0 Å². The summed E-state index contributed by atoms with van der Waals surface area (Å²) in [6.45, 7) is 9.57. The minimum atomic E-state index is -4.58. The van der Waals surface area contributed by atoms with Gasteiger partial charge in [-0.05, 0) is 0 Å². The third-order valence-electron chi connectivity index (χ3n) is 11.4. The molecule has 50 heavy (non-hydrogen) atoms. The molecule has 1 fully saturated rings. The van der Waals surface area contributed by atoms with Gasteiger partial charge in [0.25, 0.3) is 0 Å². The maximum absolute atomic E-state index is 14.6. The Kier molecular flexibility index (Phi) is 6.02. The third-order valence-corrected chi connectivity index (χ3v) is 25.3. The summed E-state index contributed by atoms with van der Waals surface area (Å²) in [4.78, 5) is 9.76. The zero-order valence-electron chi connectivity index (χ0n) is 28.3. The minimum absolute atomic E-state index is 0.512. The first kappa shape index (κ1) is 30.4. The van der Waals surface area contributed by atoms with Crippen LogP contribution in [0.1, 0.15) is 58.2 Å². The summed E-state index contributed by atoms with van der Waals surface area (Å²) in [6, 6.07) is 23.0. The van der Waals surface area contributed by atoms with E-state index in [1.54, 1.807) is 12.4 Å². The number of aromatic nitrogens is 7. The average Bonchev–Trinajstić information content (AvgIpc) is 3.47. The van der Waals surface area contributed by atoms with E-state index in [4.69, 9.17) is 9.97 Å². The van der Waals surface area contributed by atoms with Crippen LogP contribution in [0.5, 0.6) is 0 Å². The topological polar surface area (TPSA) is 56.3 Å². The Morgan fingerprint density at radius 2 is 1.66 bits per heavy atom. The fraction of sp³-hybridized carbons (Fsp3) is 0.308. The van der Waals surface area contributed by atoms with E-state index in [-0.39, 0.29) is 0 Å². The molecular weight excluding hydrogens is 750 g/mol. The van der Waals surface area contributed by atoms with Crippen molar-refractivity contribution < 1.29 is 39.2 Å². The van der Waals surface area contributed by atoms with Crippen LogP contribution in [0.25, 0.3) is 55.6 Å². The predicted molar refractivity (Wildman–Crippen MR) is 181 cm³/mol. The molecule has 11 heteroatoms. The average molecular weight is 787 g/mol. The molecule has 3 aliphatic rings. The molecule has 0 amide bonds. The van der Waals surface area contributed by atoms with E-state index in [1.807, 2.05) is 28.9 Å². The van der Waals surface area contributed by atoms with Crippen molar-refractivity contribution in [3.05, 3.63) is 100 Å². The number of pyridine rings is 2. The quantitative estimate of drug-likeness (QED) is 0.143. The van der Waals surface area contributed by atoms with E-state index in [1.165, 1.54) is 37.0 Å². The van der Waals surface area contributed by atoms with Gasteiger partial charge in [0.05, 0.1) is 0 Å². The van der Waals surface area contributed by atoms with Crippen molar-refractivity contribution in [2.24, 2.45) is 0 Å². The molecule has 10 rings (SSSR count). The van der Waals surface area contributed by atoms with Gasteiger partial charge in [0.1, 0.15) is 0 Å². The summed E-state index contributed by atoms with van der Waals surface area (Å²) in [5.41, 5.74) is 7.91. The molecule has 2 aromatic carbocycles. The fourth-order valence-electron chi connectivity index (χ4n) is 9.73. The van der Waals surface area contributed by atoms with Gasteiger partial charge in [0, 0.05) is 0 Å². The zero-order chi connectivity index (χ0) is 34.4. The molecule has 3 unspecified atom stereocenters.